The lowest BCUT2D eigenvalue weighted by Crippen LogP contribution is -2.25. The van der Waals surface area contributed by atoms with Crippen LogP contribution in [0.15, 0.2) is 59.0 Å². The fraction of sp³-hybridized carbons (Fsp3) is 0.292. The van der Waals surface area contributed by atoms with Gasteiger partial charge in [-0.05, 0) is 72.5 Å². The molecule has 0 atom stereocenters. The Balaban J connectivity index is 1.36. The van der Waals surface area contributed by atoms with E-state index in [0.717, 1.165) is 37.3 Å². The molecule has 0 amide bonds. The van der Waals surface area contributed by atoms with Crippen molar-refractivity contribution in [1.82, 2.24) is 4.90 Å². The van der Waals surface area contributed by atoms with Gasteiger partial charge < -0.3 is 19.0 Å². The first-order chi connectivity index (χ1) is 15.7. The highest BCUT2D eigenvalue weighted by atomic mass is 19.4. The lowest BCUT2D eigenvalue weighted by molar-refractivity contribution is -0.274. The van der Waals surface area contributed by atoms with Crippen LogP contribution in [0.2, 0.25) is 0 Å². The van der Waals surface area contributed by atoms with Crippen LogP contribution in [0.5, 0.6) is 11.5 Å². The van der Waals surface area contributed by atoms with Crippen molar-refractivity contribution in [2.45, 2.75) is 25.7 Å². The first-order valence-electron chi connectivity index (χ1n) is 10.4. The number of hydrogen-bond acceptors (Lipinski definition) is 5. The smallest absolute Gasteiger partial charge is 0.482 e. The van der Waals surface area contributed by atoms with Crippen LogP contribution in [-0.4, -0.2) is 42.0 Å². The Morgan fingerprint density at radius 3 is 2.36 bits per heavy atom. The summed E-state index contributed by atoms with van der Waals surface area (Å²) in [6.07, 6.45) is -3.07. The fourth-order valence-corrected chi connectivity index (χ4v) is 3.80. The third-order valence-corrected chi connectivity index (χ3v) is 5.35. The molecule has 1 aliphatic heterocycles. The maximum atomic E-state index is 12.3. The summed E-state index contributed by atoms with van der Waals surface area (Å²) in [5.41, 5.74) is 3.01. The molecule has 0 saturated carbocycles. The summed E-state index contributed by atoms with van der Waals surface area (Å²) >= 11 is 0. The van der Waals surface area contributed by atoms with Crippen LogP contribution in [0.4, 0.5) is 13.2 Å². The molecule has 0 unspecified atom stereocenters. The Morgan fingerprint density at radius 2 is 1.67 bits per heavy atom. The fourth-order valence-electron chi connectivity index (χ4n) is 3.80. The molecule has 4 rings (SSSR count). The van der Waals surface area contributed by atoms with E-state index in [0.29, 0.717) is 23.6 Å². The third kappa shape index (κ3) is 6.29. The molecule has 1 aromatic heterocycles. The van der Waals surface area contributed by atoms with Crippen LogP contribution in [0, 0.1) is 0 Å². The molecule has 2 aromatic carbocycles. The number of ether oxygens (including phenoxy) is 2. The van der Waals surface area contributed by atoms with Gasteiger partial charge in [0.1, 0.15) is 23.0 Å². The quantitative estimate of drug-likeness (QED) is 0.539. The second kappa shape index (κ2) is 9.58. The Hall–Kier alpha value is -3.46. The summed E-state index contributed by atoms with van der Waals surface area (Å²) in [6.45, 7) is 1.87. The van der Waals surface area contributed by atoms with Crippen molar-refractivity contribution in [3.05, 3.63) is 71.5 Å². The zero-order chi connectivity index (χ0) is 23.4. The minimum atomic E-state index is -4.72. The Bertz CT molecular complexity index is 1110. The summed E-state index contributed by atoms with van der Waals surface area (Å²) < 4.78 is 52.1. The Labute approximate surface area is 188 Å². The van der Waals surface area contributed by atoms with E-state index in [4.69, 9.17) is 14.3 Å². The number of carboxylic acids is 1. The molecule has 174 valence electrons. The number of halogens is 3. The van der Waals surface area contributed by atoms with Crippen molar-refractivity contribution >= 4 is 5.97 Å². The molecule has 3 aromatic rings. The van der Waals surface area contributed by atoms with Crippen LogP contribution >= 0.6 is 0 Å². The molecule has 0 bridgehead atoms. The number of aliphatic carboxylic acids is 1. The van der Waals surface area contributed by atoms with Gasteiger partial charge in [-0.3, -0.25) is 4.90 Å². The maximum Gasteiger partial charge on any atom is 0.573 e. The highest BCUT2D eigenvalue weighted by Gasteiger charge is 2.31. The van der Waals surface area contributed by atoms with Crippen molar-refractivity contribution in [2.75, 3.05) is 19.7 Å². The summed E-state index contributed by atoms with van der Waals surface area (Å²) in [6, 6.07) is 14.9. The van der Waals surface area contributed by atoms with E-state index in [1.54, 1.807) is 12.1 Å². The van der Waals surface area contributed by atoms with Gasteiger partial charge in [0.05, 0.1) is 6.54 Å². The predicted molar refractivity (Wildman–Crippen MR) is 113 cm³/mol. The van der Waals surface area contributed by atoms with E-state index >= 15 is 0 Å². The zero-order valence-corrected chi connectivity index (χ0v) is 17.6. The van der Waals surface area contributed by atoms with Gasteiger partial charge in [-0.15, -0.1) is 13.2 Å². The lowest BCUT2D eigenvalue weighted by Gasteiger charge is -2.18. The number of rotatable bonds is 7. The largest absolute Gasteiger partial charge is 0.573 e. The van der Waals surface area contributed by atoms with Gasteiger partial charge in [-0.1, -0.05) is 6.07 Å². The van der Waals surface area contributed by atoms with Crippen molar-refractivity contribution in [3.63, 3.8) is 0 Å². The van der Waals surface area contributed by atoms with E-state index in [1.807, 2.05) is 18.2 Å². The summed E-state index contributed by atoms with van der Waals surface area (Å²) in [7, 11) is 0. The van der Waals surface area contributed by atoms with Gasteiger partial charge in [0.25, 0.3) is 0 Å². The van der Waals surface area contributed by atoms with E-state index in [-0.39, 0.29) is 12.4 Å². The summed E-state index contributed by atoms with van der Waals surface area (Å²) in [5, 5.41) is 8.77. The first kappa shape index (κ1) is 22.7. The van der Waals surface area contributed by atoms with Gasteiger partial charge in [-0.25, -0.2) is 4.79 Å². The maximum absolute atomic E-state index is 12.3. The second-order valence-electron chi connectivity index (χ2n) is 7.73. The number of carboxylic acid groups (broad SMARTS) is 1. The molecular weight excluding hydrogens is 439 g/mol. The van der Waals surface area contributed by atoms with E-state index in [1.165, 1.54) is 29.8 Å². The molecule has 0 fully saturated rings. The number of benzene rings is 2. The van der Waals surface area contributed by atoms with E-state index in [9.17, 15) is 18.0 Å². The van der Waals surface area contributed by atoms with Crippen LogP contribution in [0.25, 0.3) is 11.3 Å². The topological polar surface area (TPSA) is 72.1 Å². The van der Waals surface area contributed by atoms with Crippen LogP contribution in [0.1, 0.15) is 16.9 Å². The van der Waals surface area contributed by atoms with Crippen LogP contribution in [-0.2, 0) is 24.2 Å². The van der Waals surface area contributed by atoms with Crippen LogP contribution in [0.3, 0.4) is 0 Å². The zero-order valence-electron chi connectivity index (χ0n) is 17.6. The highest BCUT2D eigenvalue weighted by Crippen LogP contribution is 2.28. The standard InChI is InChI=1S/C24H22F3NO5/c25-24(26,27)33-19-4-2-17(3-5-19)22-8-7-21(32-22)14-28-11-9-16-1-6-20(31-15-23(29)30)13-18(16)10-12-28/h1-8,13H,9-12,14-15H2,(H,29,30). The first-order valence-corrected chi connectivity index (χ1v) is 10.4. The number of hydrogen-bond donors (Lipinski definition) is 1. The summed E-state index contributed by atoms with van der Waals surface area (Å²) in [5.74, 6) is 0.587. The van der Waals surface area contributed by atoms with Crippen molar-refractivity contribution < 1.29 is 37.0 Å². The SMILES string of the molecule is O=C(O)COc1ccc2c(c1)CCN(Cc1ccc(-c3ccc(OC(F)(F)F)cc3)o1)CC2. The van der Waals surface area contributed by atoms with Crippen LogP contribution < -0.4 is 9.47 Å². The number of alkyl halides is 3. The van der Waals surface area contributed by atoms with Gasteiger partial charge in [0, 0.05) is 18.7 Å². The van der Waals surface area contributed by atoms with E-state index < -0.39 is 12.3 Å². The van der Waals surface area contributed by atoms with Crippen molar-refractivity contribution in [2.24, 2.45) is 0 Å². The van der Waals surface area contributed by atoms with Gasteiger partial charge >= 0.3 is 12.3 Å². The monoisotopic (exact) mass is 461 g/mol. The Morgan fingerprint density at radius 1 is 0.970 bits per heavy atom. The number of furan rings is 1. The molecule has 33 heavy (non-hydrogen) atoms. The minimum absolute atomic E-state index is 0.279. The van der Waals surface area contributed by atoms with E-state index in [2.05, 4.69) is 9.64 Å². The lowest BCUT2D eigenvalue weighted by atomic mass is 10.0. The second-order valence-corrected chi connectivity index (χ2v) is 7.73. The average molecular weight is 461 g/mol. The molecule has 0 radical (unpaired) electrons. The number of nitrogens with zero attached hydrogens (tertiary/aromatic N) is 1. The van der Waals surface area contributed by atoms with Gasteiger partial charge in [0.2, 0.25) is 0 Å². The molecule has 2 heterocycles. The molecule has 1 aliphatic rings. The molecule has 9 heteroatoms. The molecule has 6 nitrogen and oxygen atoms in total. The number of carbonyl (C=O) groups is 1. The molecule has 1 N–H and O–H groups in total. The average Bonchev–Trinajstić information content (AvgIpc) is 3.13. The van der Waals surface area contributed by atoms with Gasteiger partial charge in [0.15, 0.2) is 6.61 Å². The Kier molecular flexibility index (Phi) is 6.60. The molecule has 0 saturated heterocycles. The third-order valence-electron chi connectivity index (χ3n) is 5.35. The van der Waals surface area contributed by atoms with Crippen molar-refractivity contribution in [1.29, 1.82) is 0 Å². The normalized spacial score (nSPS) is 14.4. The molecule has 0 spiro atoms. The van der Waals surface area contributed by atoms with Crippen molar-refractivity contribution in [3.8, 4) is 22.8 Å². The highest BCUT2D eigenvalue weighted by molar-refractivity contribution is 5.68. The molecular formula is C24H22F3NO5. The minimum Gasteiger partial charge on any atom is -0.482 e. The van der Waals surface area contributed by atoms with Gasteiger partial charge in [-0.2, -0.15) is 0 Å². The summed E-state index contributed by atoms with van der Waals surface area (Å²) in [4.78, 5) is 13.0. The molecule has 0 aliphatic carbocycles. The predicted octanol–water partition coefficient (Wildman–Crippen LogP) is 4.91. The number of fused-ring (bicyclic) bond motifs is 1.